The van der Waals surface area contributed by atoms with E-state index in [0.29, 0.717) is 0 Å². The first-order chi connectivity index (χ1) is 3.29. The van der Waals surface area contributed by atoms with Crippen LogP contribution >= 0.6 is 0 Å². The van der Waals surface area contributed by atoms with Gasteiger partial charge in [0.05, 0.1) is 6.08 Å². The van der Waals surface area contributed by atoms with Gasteiger partial charge in [-0.2, -0.15) is 0 Å². The van der Waals surface area contributed by atoms with E-state index in [1.165, 1.54) is 0 Å². The molecular formula is C4HO3. The molecule has 1 radical (unpaired) electrons. The van der Waals surface area contributed by atoms with E-state index < -0.39 is 11.9 Å². The molecule has 1 aliphatic heterocycles. The Morgan fingerprint density at radius 1 is 1.57 bits per heavy atom. The minimum atomic E-state index is -0.704. The molecule has 1 heterocycles. The van der Waals surface area contributed by atoms with Crippen LogP contribution < -0.4 is 0 Å². The van der Waals surface area contributed by atoms with E-state index in [9.17, 15) is 9.59 Å². The van der Waals surface area contributed by atoms with Gasteiger partial charge in [-0.3, -0.25) is 0 Å². The highest BCUT2D eigenvalue weighted by molar-refractivity contribution is 6.02. The van der Waals surface area contributed by atoms with Crippen molar-refractivity contribution in [3.05, 3.63) is 12.2 Å². The van der Waals surface area contributed by atoms with Gasteiger partial charge in [-0.15, -0.1) is 0 Å². The van der Waals surface area contributed by atoms with Crippen LogP contribution in [0.25, 0.3) is 0 Å². The Bertz CT molecular complexity index is 129. The number of ether oxygens (including phenoxy) is 1. The lowest BCUT2D eigenvalue weighted by Gasteiger charge is -1.79. The van der Waals surface area contributed by atoms with Crippen molar-refractivity contribution in [3.63, 3.8) is 0 Å². The van der Waals surface area contributed by atoms with Gasteiger partial charge in [-0.25, -0.2) is 9.59 Å². The SMILES string of the molecule is O=C1[C]=CC(=O)O1. The van der Waals surface area contributed by atoms with E-state index in [1.807, 2.05) is 6.08 Å². The first-order valence-corrected chi connectivity index (χ1v) is 1.64. The van der Waals surface area contributed by atoms with E-state index >= 15 is 0 Å². The molecule has 0 aromatic heterocycles. The average Bonchev–Trinajstić information content (AvgIpc) is 1.87. The molecule has 0 saturated heterocycles. The minimum absolute atomic E-state index is 0.634. The summed E-state index contributed by atoms with van der Waals surface area (Å²) in [6, 6.07) is 0. The molecule has 7 heavy (non-hydrogen) atoms. The smallest absolute Gasteiger partial charge is 0.347 e. The molecule has 3 heteroatoms. The van der Waals surface area contributed by atoms with Crippen molar-refractivity contribution in [3.8, 4) is 0 Å². The van der Waals surface area contributed by atoms with E-state index in [1.54, 1.807) is 0 Å². The van der Waals surface area contributed by atoms with Crippen molar-refractivity contribution in [2.24, 2.45) is 0 Å². The summed E-state index contributed by atoms with van der Waals surface area (Å²) >= 11 is 0. The van der Waals surface area contributed by atoms with E-state index in [-0.39, 0.29) is 0 Å². The molecule has 0 atom stereocenters. The van der Waals surface area contributed by atoms with Gasteiger partial charge >= 0.3 is 11.9 Å². The molecule has 3 nitrogen and oxygen atoms in total. The number of rotatable bonds is 0. The summed E-state index contributed by atoms with van der Waals surface area (Å²) in [5, 5.41) is 0. The lowest BCUT2D eigenvalue weighted by molar-refractivity contribution is -0.150. The van der Waals surface area contributed by atoms with Crippen molar-refractivity contribution in [1.29, 1.82) is 0 Å². The molecule has 35 valence electrons. The number of esters is 2. The molecule has 0 N–H and O–H groups in total. The van der Waals surface area contributed by atoms with Crippen LogP contribution in [0, 0.1) is 6.08 Å². The Labute approximate surface area is 39.6 Å². The van der Waals surface area contributed by atoms with Gasteiger partial charge in [0.2, 0.25) is 0 Å². The average molecular weight is 97.0 g/mol. The highest BCUT2D eigenvalue weighted by Gasteiger charge is 2.11. The van der Waals surface area contributed by atoms with Crippen LogP contribution in [0.15, 0.2) is 6.08 Å². The molecular weight excluding hydrogens is 96.0 g/mol. The predicted octanol–water partition coefficient (Wildman–Crippen LogP) is -0.571. The fourth-order valence-corrected chi connectivity index (χ4v) is 0.268. The summed E-state index contributed by atoms with van der Waals surface area (Å²) < 4.78 is 3.92. The summed E-state index contributed by atoms with van der Waals surface area (Å²) in [7, 11) is 0. The Balaban J connectivity index is 2.76. The topological polar surface area (TPSA) is 43.4 Å². The first-order valence-electron chi connectivity index (χ1n) is 1.64. The summed E-state index contributed by atoms with van der Waals surface area (Å²) in [6.07, 6.45) is 2.99. The van der Waals surface area contributed by atoms with Gasteiger partial charge in [-0.1, -0.05) is 0 Å². The second-order valence-electron chi connectivity index (χ2n) is 0.997. The number of carbonyl (C=O) groups is 2. The Morgan fingerprint density at radius 2 is 2.29 bits per heavy atom. The molecule has 0 bridgehead atoms. The minimum Gasteiger partial charge on any atom is -0.386 e. The molecule has 0 unspecified atom stereocenters. The Hall–Kier alpha value is -1.12. The number of carbonyl (C=O) groups excluding carboxylic acids is 2. The van der Waals surface area contributed by atoms with Gasteiger partial charge in [0.25, 0.3) is 0 Å². The Kier molecular flexibility index (Phi) is 0.685. The van der Waals surface area contributed by atoms with Crippen LogP contribution in [0.4, 0.5) is 0 Å². The Morgan fingerprint density at radius 3 is 2.43 bits per heavy atom. The molecule has 0 amide bonds. The molecule has 1 aliphatic rings. The molecule has 0 aliphatic carbocycles. The zero-order valence-electron chi connectivity index (χ0n) is 3.30. The summed E-state index contributed by atoms with van der Waals surface area (Å²) in [5.74, 6) is -1.34. The highest BCUT2D eigenvalue weighted by atomic mass is 16.6. The first kappa shape index (κ1) is 4.05. The quantitative estimate of drug-likeness (QED) is 0.300. The van der Waals surface area contributed by atoms with Crippen LogP contribution in [-0.4, -0.2) is 11.9 Å². The van der Waals surface area contributed by atoms with Gasteiger partial charge in [-0.05, 0) is 0 Å². The van der Waals surface area contributed by atoms with Gasteiger partial charge in [0, 0.05) is 6.08 Å². The molecule has 0 fully saturated rings. The molecule has 1 rings (SSSR count). The molecule has 0 aromatic rings. The predicted molar refractivity (Wildman–Crippen MR) is 18.9 cm³/mol. The highest BCUT2D eigenvalue weighted by Crippen LogP contribution is 1.91. The van der Waals surface area contributed by atoms with Crippen molar-refractivity contribution in [1.82, 2.24) is 0 Å². The van der Waals surface area contributed by atoms with E-state index in [0.717, 1.165) is 6.08 Å². The largest absolute Gasteiger partial charge is 0.386 e. The van der Waals surface area contributed by atoms with Crippen LogP contribution in [-0.2, 0) is 14.3 Å². The second-order valence-corrected chi connectivity index (χ2v) is 0.997. The third-order valence-electron chi connectivity index (χ3n) is 0.501. The second kappa shape index (κ2) is 1.18. The third-order valence-corrected chi connectivity index (χ3v) is 0.501. The van der Waals surface area contributed by atoms with Crippen LogP contribution in [0.5, 0.6) is 0 Å². The van der Waals surface area contributed by atoms with Crippen LogP contribution in [0.1, 0.15) is 0 Å². The number of hydrogen-bond donors (Lipinski definition) is 0. The van der Waals surface area contributed by atoms with E-state index in [4.69, 9.17) is 0 Å². The molecule has 0 spiro atoms. The van der Waals surface area contributed by atoms with E-state index in [2.05, 4.69) is 4.74 Å². The zero-order valence-corrected chi connectivity index (χ0v) is 3.30. The zero-order chi connectivity index (χ0) is 5.28. The van der Waals surface area contributed by atoms with Crippen LogP contribution in [0.3, 0.4) is 0 Å². The fraction of sp³-hybridized carbons (Fsp3) is 0. The maximum atomic E-state index is 9.89. The summed E-state index contributed by atoms with van der Waals surface area (Å²) in [6.45, 7) is 0. The van der Waals surface area contributed by atoms with Crippen LogP contribution in [0.2, 0.25) is 0 Å². The lowest BCUT2D eigenvalue weighted by Crippen LogP contribution is -1.97. The van der Waals surface area contributed by atoms with Gasteiger partial charge < -0.3 is 4.74 Å². The maximum Gasteiger partial charge on any atom is 0.347 e. The number of cyclic esters (lactones) is 2. The van der Waals surface area contributed by atoms with Crippen molar-refractivity contribution < 1.29 is 14.3 Å². The normalized spacial score (nSPS) is 17.7. The molecule has 0 saturated carbocycles. The maximum absolute atomic E-state index is 9.89. The van der Waals surface area contributed by atoms with Crippen molar-refractivity contribution in [2.45, 2.75) is 0 Å². The third kappa shape index (κ3) is 0.652. The number of hydrogen-bond acceptors (Lipinski definition) is 3. The van der Waals surface area contributed by atoms with Gasteiger partial charge in [0.1, 0.15) is 0 Å². The summed E-state index contributed by atoms with van der Waals surface area (Å²) in [5.41, 5.74) is 0. The summed E-state index contributed by atoms with van der Waals surface area (Å²) in [4.78, 5) is 19.8. The van der Waals surface area contributed by atoms with Crippen molar-refractivity contribution in [2.75, 3.05) is 0 Å². The van der Waals surface area contributed by atoms with Gasteiger partial charge in [0.15, 0.2) is 0 Å². The monoisotopic (exact) mass is 97.0 g/mol. The standard InChI is InChI=1S/C4HO3/c5-3-1-2-4(6)7-3/h1H. The van der Waals surface area contributed by atoms with Crippen molar-refractivity contribution >= 4 is 11.9 Å². The fourth-order valence-electron chi connectivity index (χ4n) is 0.268. The molecule has 0 aromatic carbocycles. The lowest BCUT2D eigenvalue weighted by atomic mass is 10.6.